The van der Waals surface area contributed by atoms with Crippen LogP contribution in [0.2, 0.25) is 0 Å². The number of amides is 1. The number of fused-ring (bicyclic) bond motifs is 1. The van der Waals surface area contributed by atoms with E-state index in [-0.39, 0.29) is 29.8 Å². The molecule has 1 aliphatic rings. The molecule has 2 heterocycles. The van der Waals surface area contributed by atoms with Crippen molar-refractivity contribution < 1.29 is 17.6 Å². The molecule has 0 N–H and O–H groups in total. The van der Waals surface area contributed by atoms with E-state index in [1.807, 2.05) is 31.1 Å². The molecule has 1 aromatic heterocycles. The van der Waals surface area contributed by atoms with Gasteiger partial charge < -0.3 is 4.90 Å². The number of rotatable bonds is 9. The van der Waals surface area contributed by atoms with Gasteiger partial charge in [0.2, 0.25) is 15.9 Å². The Balaban J connectivity index is 1.51. The van der Waals surface area contributed by atoms with Crippen molar-refractivity contribution in [1.82, 2.24) is 14.2 Å². The third-order valence-corrected chi connectivity index (χ3v) is 9.57. The van der Waals surface area contributed by atoms with Crippen molar-refractivity contribution in [3.05, 3.63) is 53.8 Å². The average Bonchev–Trinajstić information content (AvgIpc) is 3.30. The first-order valence-corrected chi connectivity index (χ1v) is 14.6. The first kappa shape index (κ1) is 26.7. The molecule has 2 aromatic carbocycles. The number of piperidine rings is 1. The largest absolute Gasteiger partial charge is 0.309 e. The Bertz CT molecular complexity index is 1300. The molecule has 0 spiro atoms. The van der Waals surface area contributed by atoms with E-state index < -0.39 is 15.8 Å². The molecule has 0 unspecified atom stereocenters. The summed E-state index contributed by atoms with van der Waals surface area (Å²) in [4.78, 5) is 22.6. The summed E-state index contributed by atoms with van der Waals surface area (Å²) in [7, 11) is 0.294. The summed E-state index contributed by atoms with van der Waals surface area (Å²) in [6.07, 6.45) is 2.56. The topological polar surface area (TPSA) is 73.8 Å². The molecule has 1 saturated heterocycles. The van der Waals surface area contributed by atoms with Gasteiger partial charge in [-0.1, -0.05) is 30.4 Å². The number of benzene rings is 2. The normalized spacial score (nSPS) is 15.6. The van der Waals surface area contributed by atoms with Gasteiger partial charge in [-0.3, -0.25) is 9.69 Å². The molecule has 1 fully saturated rings. The van der Waals surface area contributed by atoms with E-state index in [1.165, 1.54) is 27.8 Å². The number of thiazole rings is 1. The van der Waals surface area contributed by atoms with Crippen LogP contribution in [0.15, 0.2) is 47.4 Å². The lowest BCUT2D eigenvalue weighted by Gasteiger charge is -2.33. The van der Waals surface area contributed by atoms with Gasteiger partial charge in [0.15, 0.2) is 5.13 Å². The van der Waals surface area contributed by atoms with Crippen molar-refractivity contribution in [2.75, 3.05) is 45.2 Å². The van der Waals surface area contributed by atoms with Crippen molar-refractivity contribution in [3.8, 4) is 0 Å². The van der Waals surface area contributed by atoms with Crippen LogP contribution >= 0.6 is 11.3 Å². The summed E-state index contributed by atoms with van der Waals surface area (Å²) in [5.74, 6) is -0.750. The summed E-state index contributed by atoms with van der Waals surface area (Å²) in [5.41, 5.74) is 2.11. The molecule has 0 aliphatic carbocycles. The molecule has 1 aliphatic heterocycles. The van der Waals surface area contributed by atoms with Gasteiger partial charge in [0.1, 0.15) is 5.82 Å². The third kappa shape index (κ3) is 5.77. The van der Waals surface area contributed by atoms with Gasteiger partial charge >= 0.3 is 0 Å². The molecular formula is C26H33FN4O3S2. The number of sulfonamides is 1. The SMILES string of the molecule is CCc1cccc2sc(N(CCCN(C)C)C(=O)C3CCN(S(=O)(=O)c4ccc(F)cc4)CC3)nc12. The van der Waals surface area contributed by atoms with E-state index in [0.717, 1.165) is 47.3 Å². The van der Waals surface area contributed by atoms with Gasteiger partial charge in [0.25, 0.3) is 0 Å². The first-order chi connectivity index (χ1) is 17.2. The van der Waals surface area contributed by atoms with Crippen molar-refractivity contribution >= 4 is 42.6 Å². The highest BCUT2D eigenvalue weighted by molar-refractivity contribution is 7.89. The monoisotopic (exact) mass is 532 g/mol. The summed E-state index contributed by atoms with van der Waals surface area (Å²) >= 11 is 1.53. The minimum atomic E-state index is -3.72. The van der Waals surface area contributed by atoms with Crippen molar-refractivity contribution in [1.29, 1.82) is 0 Å². The van der Waals surface area contributed by atoms with Crippen LogP contribution in [0.1, 0.15) is 31.7 Å². The average molecular weight is 533 g/mol. The van der Waals surface area contributed by atoms with Crippen LogP contribution in [0.3, 0.4) is 0 Å². The van der Waals surface area contributed by atoms with Crippen LogP contribution in [-0.2, 0) is 21.2 Å². The summed E-state index contributed by atoms with van der Waals surface area (Å²) in [6.45, 7) is 4.01. The van der Waals surface area contributed by atoms with Crippen molar-refractivity contribution in [2.45, 2.75) is 37.5 Å². The Morgan fingerprint density at radius 3 is 2.44 bits per heavy atom. The van der Waals surface area contributed by atoms with E-state index >= 15 is 0 Å². The van der Waals surface area contributed by atoms with Crippen LogP contribution in [0.5, 0.6) is 0 Å². The van der Waals surface area contributed by atoms with E-state index in [0.29, 0.717) is 24.5 Å². The fourth-order valence-corrected chi connectivity index (χ4v) is 7.07. The number of hydrogen-bond donors (Lipinski definition) is 0. The Morgan fingerprint density at radius 2 is 1.81 bits per heavy atom. The third-order valence-electron chi connectivity index (χ3n) is 6.61. The fourth-order valence-electron chi connectivity index (χ4n) is 4.56. The second-order valence-electron chi connectivity index (χ2n) is 9.39. The lowest BCUT2D eigenvalue weighted by Crippen LogP contribution is -2.45. The zero-order chi connectivity index (χ0) is 25.9. The summed E-state index contributed by atoms with van der Waals surface area (Å²) in [5, 5.41) is 0.705. The van der Waals surface area contributed by atoms with E-state index in [4.69, 9.17) is 4.98 Å². The molecule has 1 amide bonds. The Morgan fingerprint density at radius 1 is 1.11 bits per heavy atom. The van der Waals surface area contributed by atoms with Gasteiger partial charge in [-0.25, -0.2) is 17.8 Å². The van der Waals surface area contributed by atoms with Gasteiger partial charge in [0, 0.05) is 25.6 Å². The summed E-state index contributed by atoms with van der Waals surface area (Å²) < 4.78 is 41.7. The van der Waals surface area contributed by atoms with E-state index in [1.54, 1.807) is 0 Å². The smallest absolute Gasteiger partial charge is 0.243 e. The molecule has 10 heteroatoms. The highest BCUT2D eigenvalue weighted by Gasteiger charge is 2.35. The lowest BCUT2D eigenvalue weighted by atomic mass is 9.96. The van der Waals surface area contributed by atoms with Crippen LogP contribution in [0, 0.1) is 11.7 Å². The minimum absolute atomic E-state index is 0.00434. The summed E-state index contributed by atoms with van der Waals surface area (Å²) in [6, 6.07) is 11.0. The number of carbonyl (C=O) groups excluding carboxylic acids is 1. The zero-order valence-electron chi connectivity index (χ0n) is 21.0. The number of hydrogen-bond acceptors (Lipinski definition) is 6. The number of nitrogens with zero attached hydrogens (tertiary/aromatic N) is 4. The molecule has 4 rings (SSSR count). The number of carbonyl (C=O) groups is 1. The maximum absolute atomic E-state index is 13.7. The first-order valence-electron chi connectivity index (χ1n) is 12.3. The van der Waals surface area contributed by atoms with Gasteiger partial charge in [-0.05, 0) is 82.2 Å². The van der Waals surface area contributed by atoms with E-state index in [9.17, 15) is 17.6 Å². The Hall–Kier alpha value is -2.40. The number of aryl methyl sites for hydroxylation is 1. The highest BCUT2D eigenvalue weighted by atomic mass is 32.2. The van der Waals surface area contributed by atoms with Crippen LogP contribution in [0.4, 0.5) is 9.52 Å². The van der Waals surface area contributed by atoms with Crippen molar-refractivity contribution in [3.63, 3.8) is 0 Å². The minimum Gasteiger partial charge on any atom is -0.309 e. The maximum atomic E-state index is 13.7. The molecule has 7 nitrogen and oxygen atoms in total. The predicted octanol–water partition coefficient (Wildman–Crippen LogP) is 4.38. The van der Waals surface area contributed by atoms with Crippen LogP contribution in [-0.4, -0.2) is 68.8 Å². The predicted molar refractivity (Wildman–Crippen MR) is 142 cm³/mol. The quantitative estimate of drug-likeness (QED) is 0.409. The molecule has 3 aromatic rings. The standard InChI is InChI=1S/C26H33FN4O3S2/c1-4-19-7-5-8-23-24(19)28-26(35-23)31(16-6-15-29(2)3)25(32)20-13-17-30(18-14-20)36(33,34)22-11-9-21(27)10-12-22/h5,7-12,20H,4,6,13-18H2,1-3H3. The Labute approximate surface area is 216 Å². The molecular weight excluding hydrogens is 499 g/mol. The van der Waals surface area contributed by atoms with Gasteiger partial charge in [-0.15, -0.1) is 0 Å². The van der Waals surface area contributed by atoms with Crippen molar-refractivity contribution in [2.24, 2.45) is 5.92 Å². The highest BCUT2D eigenvalue weighted by Crippen LogP contribution is 2.33. The lowest BCUT2D eigenvalue weighted by molar-refractivity contribution is -0.123. The number of aromatic nitrogens is 1. The van der Waals surface area contributed by atoms with Crippen LogP contribution < -0.4 is 4.90 Å². The van der Waals surface area contributed by atoms with Gasteiger partial charge in [0.05, 0.1) is 15.1 Å². The zero-order valence-corrected chi connectivity index (χ0v) is 22.6. The molecule has 0 atom stereocenters. The molecule has 0 saturated carbocycles. The van der Waals surface area contributed by atoms with Gasteiger partial charge in [-0.2, -0.15) is 4.31 Å². The number of para-hydroxylation sites is 1. The Kier molecular flexibility index (Phi) is 8.39. The molecule has 0 bridgehead atoms. The maximum Gasteiger partial charge on any atom is 0.243 e. The number of halogens is 1. The fraction of sp³-hybridized carbons (Fsp3) is 0.462. The molecule has 36 heavy (non-hydrogen) atoms. The van der Waals surface area contributed by atoms with Crippen LogP contribution in [0.25, 0.3) is 10.2 Å². The van der Waals surface area contributed by atoms with E-state index in [2.05, 4.69) is 17.9 Å². The molecule has 0 radical (unpaired) electrons. The number of anilines is 1. The second kappa shape index (κ2) is 11.3. The second-order valence-corrected chi connectivity index (χ2v) is 12.3. The molecule has 194 valence electrons.